The first kappa shape index (κ1) is 16.5. The van der Waals surface area contributed by atoms with Gasteiger partial charge in [0.15, 0.2) is 11.5 Å². The Morgan fingerprint density at radius 2 is 1.81 bits per heavy atom. The Morgan fingerprint density at radius 1 is 1.04 bits per heavy atom. The number of para-hydroxylation sites is 1. The van der Waals surface area contributed by atoms with Gasteiger partial charge in [0.25, 0.3) is 5.91 Å². The Hall–Kier alpha value is -2.69. The second-order valence-electron chi connectivity index (χ2n) is 7.55. The quantitative estimate of drug-likeness (QED) is 0.769. The number of hydrogen-bond donors (Lipinski definition) is 0. The minimum absolute atomic E-state index is 0.0882. The van der Waals surface area contributed by atoms with Crippen LogP contribution in [-0.4, -0.2) is 29.7 Å². The zero-order valence-corrected chi connectivity index (χ0v) is 15.4. The molecule has 0 aromatic heterocycles. The average molecular weight is 365 g/mol. The topological polar surface area (TPSA) is 48.0 Å². The summed E-state index contributed by atoms with van der Waals surface area (Å²) in [5.41, 5.74) is 2.08. The van der Waals surface area contributed by atoms with Crippen LogP contribution in [0.2, 0.25) is 0 Å². The molecular weight excluding hydrogens is 342 g/mol. The van der Waals surface area contributed by atoms with Crippen molar-refractivity contribution in [1.29, 1.82) is 0 Å². The molecule has 5 heteroatoms. The highest BCUT2D eigenvalue weighted by Gasteiger charge is 2.53. The summed E-state index contributed by atoms with van der Waals surface area (Å²) in [7, 11) is 0. The van der Waals surface area contributed by atoms with Crippen LogP contribution in [0, 0.1) is 6.92 Å². The number of β-lactam (4-membered cyclic amide) rings is 1. The van der Waals surface area contributed by atoms with E-state index in [1.165, 1.54) is 12.8 Å². The zero-order chi connectivity index (χ0) is 18.4. The van der Waals surface area contributed by atoms with Gasteiger partial charge in [-0.15, -0.1) is 0 Å². The van der Waals surface area contributed by atoms with Crippen molar-refractivity contribution in [1.82, 2.24) is 4.90 Å². The highest BCUT2D eigenvalue weighted by atomic mass is 16.7. The second-order valence-corrected chi connectivity index (χ2v) is 7.55. The summed E-state index contributed by atoms with van der Waals surface area (Å²) < 4.78 is 17.2. The van der Waals surface area contributed by atoms with E-state index >= 15 is 0 Å². The van der Waals surface area contributed by atoms with E-state index in [4.69, 9.17) is 14.2 Å². The van der Waals surface area contributed by atoms with Crippen molar-refractivity contribution in [2.75, 3.05) is 6.79 Å². The molecular formula is C22H23NO4. The molecule has 0 unspecified atom stereocenters. The fourth-order valence-electron chi connectivity index (χ4n) is 4.45. The smallest absolute Gasteiger partial charge is 0.267 e. The second kappa shape index (κ2) is 6.48. The molecule has 1 aliphatic carbocycles. The number of aryl methyl sites for hydroxylation is 1. The molecule has 1 saturated carbocycles. The maximum atomic E-state index is 13.0. The summed E-state index contributed by atoms with van der Waals surface area (Å²) in [5, 5.41) is 0. The van der Waals surface area contributed by atoms with Crippen molar-refractivity contribution in [3.05, 3.63) is 53.6 Å². The lowest BCUT2D eigenvalue weighted by atomic mass is 9.87. The molecule has 2 aromatic rings. The van der Waals surface area contributed by atoms with Crippen LogP contribution in [0.4, 0.5) is 0 Å². The molecule has 0 spiro atoms. The van der Waals surface area contributed by atoms with Gasteiger partial charge in [0.05, 0.1) is 0 Å². The van der Waals surface area contributed by atoms with Gasteiger partial charge in [-0.05, 0) is 49.1 Å². The highest BCUT2D eigenvalue weighted by Crippen LogP contribution is 2.45. The van der Waals surface area contributed by atoms with E-state index in [0.29, 0.717) is 6.04 Å². The molecule has 1 amide bonds. The van der Waals surface area contributed by atoms with E-state index < -0.39 is 6.10 Å². The standard InChI is InChI=1S/C22H23NO4/c1-14-6-2-5-9-17(14)27-21-20(23(22(21)24)16-7-3-4-8-16)15-10-11-18-19(12-15)26-13-25-18/h2,5-6,9-12,16,20-21H,3-4,7-8,13H2,1H3/t20-,21-/m1/s1. The molecule has 1 saturated heterocycles. The fourth-order valence-corrected chi connectivity index (χ4v) is 4.45. The molecule has 140 valence electrons. The summed E-state index contributed by atoms with van der Waals surface area (Å²) >= 11 is 0. The molecule has 2 aliphatic heterocycles. The third kappa shape index (κ3) is 2.73. The minimum Gasteiger partial charge on any atom is -0.478 e. The van der Waals surface area contributed by atoms with E-state index in [2.05, 4.69) is 0 Å². The Balaban J connectivity index is 1.48. The molecule has 0 bridgehead atoms. The van der Waals surface area contributed by atoms with E-state index in [-0.39, 0.29) is 18.7 Å². The lowest BCUT2D eigenvalue weighted by molar-refractivity contribution is -0.169. The Kier molecular flexibility index (Phi) is 3.96. The normalized spacial score (nSPS) is 24.2. The van der Waals surface area contributed by atoms with Crippen molar-refractivity contribution >= 4 is 5.91 Å². The van der Waals surface area contributed by atoms with Gasteiger partial charge in [0.2, 0.25) is 12.9 Å². The van der Waals surface area contributed by atoms with Crippen molar-refractivity contribution in [3.63, 3.8) is 0 Å². The largest absolute Gasteiger partial charge is 0.478 e. The van der Waals surface area contributed by atoms with Crippen LogP contribution in [0.15, 0.2) is 42.5 Å². The summed E-state index contributed by atoms with van der Waals surface area (Å²) in [6, 6.07) is 14.0. The number of ether oxygens (including phenoxy) is 3. The molecule has 5 nitrogen and oxygen atoms in total. The van der Waals surface area contributed by atoms with Gasteiger partial charge in [0, 0.05) is 6.04 Å². The minimum atomic E-state index is -0.493. The summed E-state index contributed by atoms with van der Waals surface area (Å²) in [6.07, 6.45) is 4.03. The van der Waals surface area contributed by atoms with Crippen LogP contribution in [0.3, 0.4) is 0 Å². The third-order valence-corrected chi connectivity index (χ3v) is 5.89. The SMILES string of the molecule is Cc1ccccc1O[C@H]1C(=O)N(C2CCCC2)[C@@H]1c1ccc2c(c1)OCO2. The highest BCUT2D eigenvalue weighted by molar-refractivity contribution is 5.89. The number of fused-ring (bicyclic) bond motifs is 1. The van der Waals surface area contributed by atoms with Crippen LogP contribution in [0.5, 0.6) is 17.2 Å². The van der Waals surface area contributed by atoms with E-state index in [1.54, 1.807) is 0 Å². The average Bonchev–Trinajstić information content (AvgIpc) is 3.36. The summed E-state index contributed by atoms with van der Waals surface area (Å²) in [4.78, 5) is 15.1. The molecule has 3 aliphatic rings. The third-order valence-electron chi connectivity index (χ3n) is 5.89. The van der Waals surface area contributed by atoms with E-state index in [0.717, 1.165) is 41.2 Å². The van der Waals surface area contributed by atoms with Crippen LogP contribution in [0.25, 0.3) is 0 Å². The molecule has 2 aromatic carbocycles. The lowest BCUT2D eigenvalue weighted by Gasteiger charge is -2.50. The van der Waals surface area contributed by atoms with Crippen LogP contribution in [-0.2, 0) is 4.79 Å². The van der Waals surface area contributed by atoms with Crippen molar-refractivity contribution in [2.45, 2.75) is 50.8 Å². The van der Waals surface area contributed by atoms with Gasteiger partial charge in [-0.1, -0.05) is 37.1 Å². The number of amides is 1. The monoisotopic (exact) mass is 365 g/mol. The molecule has 2 heterocycles. The van der Waals surface area contributed by atoms with Gasteiger partial charge in [-0.3, -0.25) is 4.79 Å². The number of rotatable bonds is 4. The molecule has 0 N–H and O–H groups in total. The molecule has 27 heavy (non-hydrogen) atoms. The Labute approximate surface area is 158 Å². The molecule has 0 radical (unpaired) electrons. The lowest BCUT2D eigenvalue weighted by Crippen LogP contribution is -2.64. The first-order valence-corrected chi connectivity index (χ1v) is 9.66. The number of carbonyl (C=O) groups excluding carboxylic acids is 1. The molecule has 5 rings (SSSR count). The first-order valence-electron chi connectivity index (χ1n) is 9.66. The number of nitrogens with zero attached hydrogens (tertiary/aromatic N) is 1. The first-order chi connectivity index (χ1) is 13.2. The van der Waals surface area contributed by atoms with Crippen molar-refractivity contribution in [2.24, 2.45) is 0 Å². The van der Waals surface area contributed by atoms with Crippen molar-refractivity contribution < 1.29 is 19.0 Å². The van der Waals surface area contributed by atoms with Gasteiger partial charge in [-0.25, -0.2) is 0 Å². The number of hydrogen-bond acceptors (Lipinski definition) is 4. The van der Waals surface area contributed by atoms with Crippen LogP contribution < -0.4 is 14.2 Å². The van der Waals surface area contributed by atoms with Crippen LogP contribution >= 0.6 is 0 Å². The predicted molar refractivity (Wildman–Crippen MR) is 100 cm³/mol. The zero-order valence-electron chi connectivity index (χ0n) is 15.4. The predicted octanol–water partition coefficient (Wildman–Crippen LogP) is 4.00. The molecule has 2 fully saturated rings. The maximum absolute atomic E-state index is 13.0. The van der Waals surface area contributed by atoms with Gasteiger partial charge < -0.3 is 19.1 Å². The number of likely N-dealkylation sites (tertiary alicyclic amines) is 1. The van der Waals surface area contributed by atoms with Crippen LogP contribution in [0.1, 0.15) is 42.9 Å². The van der Waals surface area contributed by atoms with Crippen molar-refractivity contribution in [3.8, 4) is 17.2 Å². The van der Waals surface area contributed by atoms with Gasteiger partial charge in [0.1, 0.15) is 11.8 Å². The summed E-state index contributed by atoms with van der Waals surface area (Å²) in [5.74, 6) is 2.36. The Morgan fingerprint density at radius 3 is 2.63 bits per heavy atom. The van der Waals surface area contributed by atoms with E-state index in [9.17, 15) is 4.79 Å². The van der Waals surface area contributed by atoms with Gasteiger partial charge >= 0.3 is 0 Å². The summed E-state index contributed by atoms with van der Waals surface area (Å²) in [6.45, 7) is 2.25. The fraction of sp³-hybridized carbons (Fsp3) is 0.409. The van der Waals surface area contributed by atoms with Gasteiger partial charge in [-0.2, -0.15) is 0 Å². The Bertz CT molecular complexity index is 874. The number of carbonyl (C=O) groups is 1. The number of benzene rings is 2. The molecule has 2 atom stereocenters. The van der Waals surface area contributed by atoms with E-state index in [1.807, 2.05) is 54.3 Å². The maximum Gasteiger partial charge on any atom is 0.267 e.